The number of carbonyl (C=O) groups is 1. The molecule has 1 aromatic carbocycles. The molecule has 3 aliphatic rings. The van der Waals surface area contributed by atoms with Crippen LogP contribution >= 0.6 is 27.5 Å². The van der Waals surface area contributed by atoms with Crippen LogP contribution in [-0.4, -0.2) is 88.5 Å². The highest BCUT2D eigenvalue weighted by Gasteiger charge is 2.49. The lowest BCUT2D eigenvalue weighted by Gasteiger charge is -2.41. The van der Waals surface area contributed by atoms with Gasteiger partial charge in [0.15, 0.2) is 5.82 Å². The molecule has 0 radical (unpaired) electrons. The highest BCUT2D eigenvalue weighted by atomic mass is 79.9. The van der Waals surface area contributed by atoms with Crippen molar-refractivity contribution in [1.82, 2.24) is 19.8 Å². The average Bonchev–Trinajstić information content (AvgIpc) is 3.41. The fourth-order valence-corrected chi connectivity index (χ4v) is 6.47. The molecule has 5 rings (SSSR count). The van der Waals surface area contributed by atoms with Crippen molar-refractivity contribution in [3.63, 3.8) is 0 Å². The number of nitrogens with zero attached hydrogens (tertiary/aromatic N) is 6. The molecular formula is C27H32BrClF2N6O3. The molecule has 3 aliphatic heterocycles. The van der Waals surface area contributed by atoms with Crippen molar-refractivity contribution >= 4 is 50.3 Å². The molecule has 0 unspecified atom stereocenters. The topological polar surface area (TPSA) is 94.8 Å². The van der Waals surface area contributed by atoms with E-state index in [2.05, 4.69) is 36.9 Å². The number of anilines is 1. The monoisotopic (exact) mass is 640 g/mol. The van der Waals surface area contributed by atoms with E-state index in [0.717, 1.165) is 19.4 Å². The summed E-state index contributed by atoms with van der Waals surface area (Å²) in [4.78, 5) is 27.5. The number of ether oxygens (including phenoxy) is 2. The van der Waals surface area contributed by atoms with Gasteiger partial charge in [0, 0.05) is 38.0 Å². The van der Waals surface area contributed by atoms with Gasteiger partial charge in [-0.2, -0.15) is 15.2 Å². The Balaban J connectivity index is 1.47. The van der Waals surface area contributed by atoms with E-state index in [-0.39, 0.29) is 47.1 Å². The number of rotatable bonds is 5. The Morgan fingerprint density at radius 3 is 2.80 bits per heavy atom. The van der Waals surface area contributed by atoms with Gasteiger partial charge in [0.2, 0.25) is 0 Å². The molecule has 0 saturated carbocycles. The van der Waals surface area contributed by atoms with Gasteiger partial charge in [-0.25, -0.2) is 13.6 Å². The number of amides is 1. The summed E-state index contributed by atoms with van der Waals surface area (Å²) in [6, 6.07) is 3.23. The Bertz CT molecular complexity index is 1350. The third kappa shape index (κ3) is 5.65. The van der Waals surface area contributed by atoms with E-state index in [1.165, 1.54) is 0 Å². The van der Waals surface area contributed by atoms with Gasteiger partial charge in [0.05, 0.1) is 33.6 Å². The molecule has 1 amide bonds. The fraction of sp³-hybridized carbons (Fsp3) is 0.630. The summed E-state index contributed by atoms with van der Waals surface area (Å²) in [6.07, 6.45) is 0.821. The lowest BCUT2D eigenvalue weighted by atomic mass is 9.95. The van der Waals surface area contributed by atoms with Crippen LogP contribution in [0.2, 0.25) is 5.02 Å². The zero-order valence-corrected chi connectivity index (χ0v) is 25.1. The Hall–Kier alpha value is -2.49. The molecule has 0 aliphatic carbocycles. The molecule has 0 N–H and O–H groups in total. The summed E-state index contributed by atoms with van der Waals surface area (Å²) < 4.78 is 41.5. The van der Waals surface area contributed by atoms with E-state index < -0.39 is 35.3 Å². The Kier molecular flexibility index (Phi) is 8.03. The number of piperazine rings is 1. The summed E-state index contributed by atoms with van der Waals surface area (Å²) in [7, 11) is 0. The van der Waals surface area contributed by atoms with Crippen molar-refractivity contribution in [2.24, 2.45) is 0 Å². The van der Waals surface area contributed by atoms with E-state index in [1.54, 1.807) is 31.7 Å². The van der Waals surface area contributed by atoms with Crippen molar-refractivity contribution in [3.8, 4) is 12.1 Å². The van der Waals surface area contributed by atoms with Crippen LogP contribution in [0, 0.1) is 17.1 Å². The second-order valence-corrected chi connectivity index (χ2v) is 12.9. The SMILES string of the molecule is CC(C)(C)OC(=O)N1CCN(c2nc(OC[C@@]34CCCN3C[C@H](F)C4)nc3c(F)c(Br)c(Cl)cc23)C[C@@H]1CC#N. The minimum atomic E-state index is -0.911. The van der Waals surface area contributed by atoms with Crippen LogP contribution in [0.3, 0.4) is 0 Å². The number of nitriles is 1. The van der Waals surface area contributed by atoms with Gasteiger partial charge in [-0.3, -0.25) is 4.90 Å². The summed E-state index contributed by atoms with van der Waals surface area (Å²) >= 11 is 9.52. The van der Waals surface area contributed by atoms with E-state index in [1.807, 2.05) is 4.90 Å². The maximum atomic E-state index is 15.4. The molecule has 0 spiro atoms. The van der Waals surface area contributed by atoms with Gasteiger partial charge in [-0.05, 0) is 62.2 Å². The van der Waals surface area contributed by atoms with Crippen LogP contribution in [0.5, 0.6) is 6.01 Å². The molecule has 3 fully saturated rings. The molecular weight excluding hydrogens is 610 g/mol. The first-order valence-corrected chi connectivity index (χ1v) is 14.6. The maximum Gasteiger partial charge on any atom is 0.410 e. The normalized spacial score (nSPS) is 25.2. The molecule has 3 atom stereocenters. The summed E-state index contributed by atoms with van der Waals surface area (Å²) in [5.41, 5.74) is -1.08. The molecule has 216 valence electrons. The quantitative estimate of drug-likeness (QED) is 0.397. The van der Waals surface area contributed by atoms with Crippen molar-refractivity contribution in [2.45, 2.75) is 69.8 Å². The average molecular weight is 642 g/mol. The number of alkyl halides is 1. The van der Waals surface area contributed by atoms with E-state index in [4.69, 9.17) is 21.1 Å². The molecule has 40 heavy (non-hydrogen) atoms. The molecule has 0 bridgehead atoms. The standard InChI is InChI=1S/C27H32BrClF2N6O3/c1-26(2,3)40-25(38)37-10-9-35(14-17(37)5-7-32)23-18-11-19(29)20(28)21(31)22(18)33-24(34-23)39-15-27-6-4-8-36(27)13-16(30)12-27/h11,16-17H,4-6,8-10,12-15H2,1-3H3/t16-,17+,27+/m1/s1. The van der Waals surface area contributed by atoms with Crippen molar-refractivity contribution in [2.75, 3.05) is 44.2 Å². The summed E-state index contributed by atoms with van der Waals surface area (Å²) in [5, 5.41) is 10.0. The van der Waals surface area contributed by atoms with Crippen LogP contribution in [0.25, 0.3) is 10.9 Å². The number of fused-ring (bicyclic) bond motifs is 2. The van der Waals surface area contributed by atoms with Crippen LogP contribution in [-0.2, 0) is 4.74 Å². The maximum absolute atomic E-state index is 15.4. The number of halogens is 4. The van der Waals surface area contributed by atoms with Gasteiger partial charge in [-0.15, -0.1) is 0 Å². The van der Waals surface area contributed by atoms with E-state index in [0.29, 0.717) is 30.7 Å². The first-order valence-electron chi connectivity index (χ1n) is 13.4. The minimum Gasteiger partial charge on any atom is -0.461 e. The predicted octanol–water partition coefficient (Wildman–Crippen LogP) is 5.48. The van der Waals surface area contributed by atoms with E-state index >= 15 is 4.39 Å². The van der Waals surface area contributed by atoms with Gasteiger partial charge >= 0.3 is 12.1 Å². The molecule has 9 nitrogen and oxygen atoms in total. The Labute approximate surface area is 245 Å². The van der Waals surface area contributed by atoms with Crippen LogP contribution in [0.15, 0.2) is 10.5 Å². The first kappa shape index (κ1) is 29.0. The van der Waals surface area contributed by atoms with E-state index in [9.17, 15) is 14.4 Å². The van der Waals surface area contributed by atoms with Crippen LogP contribution < -0.4 is 9.64 Å². The molecule has 2 aromatic rings. The molecule has 3 saturated heterocycles. The lowest BCUT2D eigenvalue weighted by molar-refractivity contribution is 0.0145. The molecule has 4 heterocycles. The smallest absolute Gasteiger partial charge is 0.410 e. The predicted molar refractivity (Wildman–Crippen MR) is 150 cm³/mol. The number of benzene rings is 1. The highest BCUT2D eigenvalue weighted by molar-refractivity contribution is 9.10. The molecule has 13 heteroatoms. The van der Waals surface area contributed by atoms with Crippen LogP contribution in [0.4, 0.5) is 19.4 Å². The van der Waals surface area contributed by atoms with Crippen molar-refractivity contribution in [3.05, 3.63) is 21.4 Å². The number of aromatic nitrogens is 2. The highest BCUT2D eigenvalue weighted by Crippen LogP contribution is 2.41. The fourth-order valence-electron chi connectivity index (χ4n) is 5.98. The van der Waals surface area contributed by atoms with Gasteiger partial charge < -0.3 is 19.3 Å². The first-order chi connectivity index (χ1) is 18.9. The zero-order valence-electron chi connectivity index (χ0n) is 22.7. The van der Waals surface area contributed by atoms with Gasteiger partial charge in [0.1, 0.15) is 29.7 Å². The van der Waals surface area contributed by atoms with Gasteiger partial charge in [0.25, 0.3) is 0 Å². The third-order valence-electron chi connectivity index (χ3n) is 7.75. The number of carbonyl (C=O) groups excluding carboxylic acids is 1. The number of hydrogen-bond acceptors (Lipinski definition) is 8. The minimum absolute atomic E-state index is 0.0226. The second-order valence-electron chi connectivity index (χ2n) is 11.7. The summed E-state index contributed by atoms with van der Waals surface area (Å²) in [5.74, 6) is -0.266. The molecule has 1 aromatic heterocycles. The van der Waals surface area contributed by atoms with Crippen LogP contribution in [0.1, 0.15) is 46.5 Å². The van der Waals surface area contributed by atoms with Gasteiger partial charge in [-0.1, -0.05) is 11.6 Å². The summed E-state index contributed by atoms with van der Waals surface area (Å²) in [6.45, 7) is 7.63. The Morgan fingerprint density at radius 1 is 1.30 bits per heavy atom. The second kappa shape index (κ2) is 11.1. The van der Waals surface area contributed by atoms with Crippen molar-refractivity contribution < 1.29 is 23.0 Å². The largest absolute Gasteiger partial charge is 0.461 e. The Morgan fingerprint density at radius 2 is 2.08 bits per heavy atom. The van der Waals surface area contributed by atoms with Crippen molar-refractivity contribution in [1.29, 1.82) is 5.26 Å². The zero-order chi connectivity index (χ0) is 28.8. The number of hydrogen-bond donors (Lipinski definition) is 0. The lowest BCUT2D eigenvalue weighted by Crippen LogP contribution is -2.56. The third-order valence-corrected chi connectivity index (χ3v) is 9.06.